The standard InChI is InChI=1S/C19H19NO.C17H22N2O3.C17H21NO.C15H20N2O.C14H14ClNO.C14H17NO/c1-14(2)16-9-6-10-17(12-16)19-20-13-18(21-19)11-15-7-4-3-5-8-15;1-11(2)12-6-7-15(21-5)14(8-12)17-18-10-13(22-17)9-16(20)19(3)4;1-11(2)13-8-9-15-14(10-13)6-5-7-16(15)17(19)18-12(3)4;1-10(2)12-6-7-15-13(8-12)14(9-17(15)4)11(3)16-18-5;1-8(2)9-3-4-10-5-11(15)7-13(14(16)17)12(10)6-9;1-9(2)11-5-6-14-12(7-11)13(10(3)16)8-15(14)4/h3-10,12-14H,11H2,1-2H3;6-8,10-11H,9H2,1-5H3;5-12H,1-4H3,(H,18,19);6-10H,1-5H3;3-8H,1-2H3,(H2,16,17);5-9H,1-4H3/b;;;16-11+;;. The summed E-state index contributed by atoms with van der Waals surface area (Å²) in [6.07, 6.45) is 8.41. The topological polar surface area (TPSA) is 202 Å². The summed E-state index contributed by atoms with van der Waals surface area (Å²) in [7, 11) is 10.7. The maximum Gasteiger partial charge on any atom is 0.252 e. The second kappa shape index (κ2) is 40.2. The average Bonchev–Trinajstić information content (AvgIpc) is 1.67. The SMILES string of the molecule is CC(=O)c1cn(C)c2ccc(C(C)C)cc12.CC(C)NC(=O)c1cccc2cc(C(C)C)ccc12.CC(C)c1ccc2cc(Cl)cc(C(N)=O)c2c1.CC(C)c1cccc(-c2ncc(Cc3ccccc3)o2)c1.CO/N=C(\C)c1cn(C)c2ccc(C(C)C)cc12.COc1ccc(C(C)C)cc1-c1ncc(CC(=O)N(C)C)o1. The third-order valence-corrected chi connectivity index (χ3v) is 19.8. The fraction of sp³-hybridized carbons (Fsp3) is 0.323. The Kier molecular flexibility index (Phi) is 31.0. The predicted molar refractivity (Wildman–Crippen MR) is 466 cm³/mol. The summed E-state index contributed by atoms with van der Waals surface area (Å²) in [5.41, 5.74) is 22.5. The van der Waals surface area contributed by atoms with Gasteiger partial charge in [-0.3, -0.25) is 19.2 Å². The lowest BCUT2D eigenvalue weighted by molar-refractivity contribution is -0.128. The summed E-state index contributed by atoms with van der Waals surface area (Å²) >= 11 is 5.96. The minimum absolute atomic E-state index is 0.00195. The molecular weight excluding hydrogens is 1430 g/mol. The van der Waals surface area contributed by atoms with Crippen LogP contribution >= 0.6 is 11.6 Å². The monoisotopic (exact) mass is 1540 g/mol. The normalized spacial score (nSPS) is 11.3. The molecule has 0 atom stereocenters. The number of amides is 3. The third kappa shape index (κ3) is 23.4. The number of hydrogen-bond acceptors (Lipinski definition) is 11. The molecule has 0 aliphatic carbocycles. The van der Waals surface area contributed by atoms with E-state index < -0.39 is 5.91 Å². The number of Topliss-reactive ketones (excluding diaryl/α,β-unsaturated/α-hetero) is 1. The maximum atomic E-state index is 12.2. The first-order valence-electron chi connectivity index (χ1n) is 38.7. The quantitative estimate of drug-likeness (QED) is 0.0445. The van der Waals surface area contributed by atoms with Crippen molar-refractivity contribution in [1.29, 1.82) is 0 Å². The van der Waals surface area contributed by atoms with Crippen molar-refractivity contribution in [3.63, 3.8) is 0 Å². The molecule has 113 heavy (non-hydrogen) atoms. The lowest BCUT2D eigenvalue weighted by atomic mass is 9.96. The number of ketones is 1. The van der Waals surface area contributed by atoms with Gasteiger partial charge in [0.25, 0.3) is 5.91 Å². The third-order valence-electron chi connectivity index (χ3n) is 19.5. The van der Waals surface area contributed by atoms with Crippen LogP contribution in [-0.4, -0.2) is 87.6 Å². The van der Waals surface area contributed by atoms with Crippen LogP contribution in [0.3, 0.4) is 0 Å². The number of primary amides is 1. The molecule has 3 amide bonds. The number of fused-ring (bicyclic) bond motifs is 4. The summed E-state index contributed by atoms with van der Waals surface area (Å²) in [6.45, 7) is 33.5. The Morgan fingerprint density at radius 1 is 0.513 bits per heavy atom. The number of aryl methyl sites for hydroxylation is 2. The van der Waals surface area contributed by atoms with E-state index in [0.29, 0.717) is 69.4 Å². The van der Waals surface area contributed by atoms with Crippen molar-refractivity contribution in [2.75, 3.05) is 28.3 Å². The molecule has 0 saturated heterocycles. The number of aromatic nitrogens is 4. The number of rotatable bonds is 19. The van der Waals surface area contributed by atoms with Crippen molar-refractivity contribution in [3.05, 3.63) is 278 Å². The molecule has 592 valence electrons. The largest absolute Gasteiger partial charge is 0.496 e. The van der Waals surface area contributed by atoms with Crippen LogP contribution in [0.4, 0.5) is 0 Å². The van der Waals surface area contributed by atoms with Crippen molar-refractivity contribution in [1.82, 2.24) is 29.3 Å². The maximum absolute atomic E-state index is 12.2. The zero-order valence-corrected chi connectivity index (χ0v) is 70.7. The molecule has 16 nitrogen and oxygen atoms in total. The van der Waals surface area contributed by atoms with Crippen LogP contribution in [0.15, 0.2) is 215 Å². The van der Waals surface area contributed by atoms with Crippen LogP contribution < -0.4 is 15.8 Å². The molecule has 0 fully saturated rings. The van der Waals surface area contributed by atoms with Gasteiger partial charge in [0.1, 0.15) is 24.4 Å². The van der Waals surface area contributed by atoms with Gasteiger partial charge in [-0.2, -0.15) is 0 Å². The molecule has 0 saturated carbocycles. The number of hydrogen-bond donors (Lipinski definition) is 2. The first-order valence-corrected chi connectivity index (χ1v) is 39.1. The molecule has 17 heteroatoms. The minimum atomic E-state index is -0.446. The smallest absolute Gasteiger partial charge is 0.252 e. The first-order chi connectivity index (χ1) is 53.7. The summed E-state index contributed by atoms with van der Waals surface area (Å²) in [5.74, 6) is 5.81. The van der Waals surface area contributed by atoms with Crippen molar-refractivity contribution in [2.45, 2.75) is 165 Å². The van der Waals surface area contributed by atoms with Gasteiger partial charge >= 0.3 is 0 Å². The fourth-order valence-electron chi connectivity index (χ4n) is 12.8. The van der Waals surface area contributed by atoms with E-state index in [1.165, 1.54) is 54.7 Å². The highest BCUT2D eigenvalue weighted by molar-refractivity contribution is 6.32. The number of nitrogens with one attached hydrogen (secondary N) is 1. The van der Waals surface area contributed by atoms with Gasteiger partial charge in [-0.05, 0) is 190 Å². The minimum Gasteiger partial charge on any atom is -0.496 e. The first kappa shape index (κ1) is 87.2. The number of methoxy groups -OCH3 is 1. The van der Waals surface area contributed by atoms with E-state index in [-0.39, 0.29) is 30.1 Å². The number of carbonyl (C=O) groups excluding carboxylic acids is 4. The van der Waals surface area contributed by atoms with Crippen molar-refractivity contribution >= 4 is 84.2 Å². The molecular formula is C96H113ClN8O8. The Morgan fingerprint density at radius 3 is 1.58 bits per heavy atom. The van der Waals surface area contributed by atoms with Crippen molar-refractivity contribution < 1.29 is 37.6 Å². The Balaban J connectivity index is 0.000000170. The van der Waals surface area contributed by atoms with Crippen LogP contribution in [0.1, 0.15) is 233 Å². The number of ether oxygens (including phenoxy) is 1. The Labute approximate surface area is 672 Å². The van der Waals surface area contributed by atoms with Gasteiger partial charge in [-0.15, -0.1) is 0 Å². The zero-order chi connectivity index (χ0) is 82.7. The van der Waals surface area contributed by atoms with Gasteiger partial charge in [0.2, 0.25) is 23.6 Å². The number of benzene rings is 9. The molecule has 9 aromatic carbocycles. The molecule has 0 spiro atoms. The molecule has 13 aromatic rings. The lowest BCUT2D eigenvalue weighted by Crippen LogP contribution is -2.30. The Bertz CT molecular complexity index is 5440. The van der Waals surface area contributed by atoms with E-state index in [4.69, 9.17) is 35.7 Å². The number of oxazole rings is 2. The molecule has 0 aliphatic rings. The molecule has 0 aliphatic heterocycles. The van der Waals surface area contributed by atoms with E-state index in [1.807, 2.05) is 124 Å². The molecule has 4 aromatic heterocycles. The van der Waals surface area contributed by atoms with Gasteiger partial charge < -0.3 is 43.5 Å². The summed E-state index contributed by atoms with van der Waals surface area (Å²) < 4.78 is 21.2. The average molecular weight is 1540 g/mol. The van der Waals surface area contributed by atoms with Gasteiger partial charge in [0.05, 0.1) is 37.2 Å². The van der Waals surface area contributed by atoms with Crippen LogP contribution in [-0.2, 0) is 36.6 Å². The van der Waals surface area contributed by atoms with Gasteiger partial charge in [0.15, 0.2) is 5.78 Å². The van der Waals surface area contributed by atoms with E-state index in [1.54, 1.807) is 47.5 Å². The van der Waals surface area contributed by atoms with Crippen LogP contribution in [0.2, 0.25) is 5.02 Å². The molecule has 0 bridgehead atoms. The number of nitrogens with two attached hydrogens (primary N) is 1. The van der Waals surface area contributed by atoms with Crippen molar-refractivity contribution in [2.24, 2.45) is 25.0 Å². The molecule has 13 rings (SSSR count). The zero-order valence-electron chi connectivity index (χ0n) is 69.9. The second-order valence-corrected chi connectivity index (χ2v) is 31.3. The summed E-state index contributed by atoms with van der Waals surface area (Å²) in [6, 6.07) is 59.5. The number of oxime groups is 1. The lowest BCUT2D eigenvalue weighted by Gasteiger charge is -2.12. The second-order valence-electron chi connectivity index (χ2n) is 30.9. The van der Waals surface area contributed by atoms with E-state index in [0.717, 1.165) is 78.2 Å². The number of likely N-dealkylation sites (N-methyl/N-ethyl adjacent to an activating group) is 1. The van der Waals surface area contributed by atoms with Crippen molar-refractivity contribution in [3.8, 4) is 28.7 Å². The van der Waals surface area contributed by atoms with Gasteiger partial charge in [0, 0.05) is 108 Å². The van der Waals surface area contributed by atoms with E-state index in [2.05, 4.69) is 212 Å². The molecule has 0 unspecified atom stereocenters. The van der Waals surface area contributed by atoms with Crippen LogP contribution in [0, 0.1) is 0 Å². The fourth-order valence-corrected chi connectivity index (χ4v) is 13.0. The van der Waals surface area contributed by atoms with Gasteiger partial charge in [-0.1, -0.05) is 209 Å². The van der Waals surface area contributed by atoms with E-state index >= 15 is 0 Å². The molecule has 4 heterocycles. The summed E-state index contributed by atoms with van der Waals surface area (Å²) in [4.78, 5) is 62.0. The highest BCUT2D eigenvalue weighted by atomic mass is 35.5. The van der Waals surface area contributed by atoms with Crippen LogP contribution in [0.25, 0.3) is 66.3 Å². The highest BCUT2D eigenvalue weighted by Crippen LogP contribution is 2.35. The molecule has 0 radical (unpaired) electrons. The predicted octanol–water partition coefficient (Wildman–Crippen LogP) is 23.2. The Morgan fingerprint density at radius 2 is 1.02 bits per heavy atom. The summed E-state index contributed by atoms with van der Waals surface area (Å²) in [5, 5.41) is 13.8. The number of nitrogens with zero attached hydrogens (tertiary/aromatic N) is 6. The van der Waals surface area contributed by atoms with Crippen LogP contribution in [0.5, 0.6) is 5.75 Å². The molecule has 3 N–H and O–H groups in total. The van der Waals surface area contributed by atoms with Gasteiger partial charge in [-0.25, -0.2) is 9.97 Å². The Hall–Kier alpha value is -11.4. The number of halogens is 1. The highest BCUT2D eigenvalue weighted by Gasteiger charge is 2.20. The van der Waals surface area contributed by atoms with E-state index in [9.17, 15) is 19.2 Å². The number of carbonyl (C=O) groups is 4.